The van der Waals surface area contributed by atoms with Gasteiger partial charge in [-0.3, -0.25) is 0 Å². The Bertz CT molecular complexity index is 486. The molecule has 0 aromatic carbocycles. The highest BCUT2D eigenvalue weighted by Gasteiger charge is 2.21. The van der Waals surface area contributed by atoms with Crippen LogP contribution in [-0.4, -0.2) is 106 Å². The first-order valence-corrected chi connectivity index (χ1v) is 10.1. The average Bonchev–Trinajstić information content (AvgIpc) is 2.71. The lowest BCUT2D eigenvalue weighted by Crippen LogP contribution is -2.42. The molecule has 0 aromatic heterocycles. The van der Waals surface area contributed by atoms with Gasteiger partial charge in [-0.05, 0) is 40.2 Å². The van der Waals surface area contributed by atoms with E-state index in [0.717, 1.165) is 13.0 Å². The molecule has 0 saturated carbocycles. The summed E-state index contributed by atoms with van der Waals surface area (Å²) in [5.74, 6) is 0. The number of methoxy groups -OCH3 is 2. The highest BCUT2D eigenvalue weighted by molar-refractivity contribution is 5.69. The zero-order valence-electron chi connectivity index (χ0n) is 19.4. The molecule has 0 aromatic rings. The number of aliphatic hydroxyl groups excluding tert-OH is 2. The first kappa shape index (κ1) is 30.9. The van der Waals surface area contributed by atoms with E-state index in [0.29, 0.717) is 32.6 Å². The number of alkyl carbamates (subject to hydrolysis) is 2. The third-order valence-electron chi connectivity index (χ3n) is 3.34. The van der Waals surface area contributed by atoms with E-state index in [9.17, 15) is 14.4 Å². The Morgan fingerprint density at radius 1 is 0.806 bits per heavy atom. The van der Waals surface area contributed by atoms with Crippen LogP contribution in [0.2, 0.25) is 0 Å². The molecule has 0 fully saturated rings. The molecule has 12 nitrogen and oxygen atoms in total. The van der Waals surface area contributed by atoms with E-state index < -0.39 is 23.9 Å². The number of carbonyl (C=O) groups excluding carboxylic acids is 3. The molecule has 0 bridgehead atoms. The van der Waals surface area contributed by atoms with Gasteiger partial charge in [0.05, 0.1) is 14.2 Å². The van der Waals surface area contributed by atoms with E-state index >= 15 is 0 Å². The molecule has 3 amide bonds. The van der Waals surface area contributed by atoms with E-state index in [1.54, 1.807) is 20.8 Å². The van der Waals surface area contributed by atoms with E-state index in [2.05, 4.69) is 25.4 Å². The molecule has 0 aliphatic heterocycles. The second-order valence-corrected chi connectivity index (χ2v) is 7.21. The van der Waals surface area contributed by atoms with Crippen molar-refractivity contribution in [2.45, 2.75) is 39.2 Å². The summed E-state index contributed by atoms with van der Waals surface area (Å²) in [5.41, 5.74) is -0.579. The molecule has 0 unspecified atom stereocenters. The summed E-state index contributed by atoms with van der Waals surface area (Å²) in [6.45, 7) is 8.44. The molecular formula is C19H40N4O8. The lowest BCUT2D eigenvalue weighted by molar-refractivity contribution is 0.0241. The van der Waals surface area contributed by atoms with E-state index in [1.165, 1.54) is 19.1 Å². The van der Waals surface area contributed by atoms with Gasteiger partial charge in [0.1, 0.15) is 5.60 Å². The lowest BCUT2D eigenvalue weighted by atomic mass is 10.2. The van der Waals surface area contributed by atoms with Crippen molar-refractivity contribution in [2.75, 3.05) is 66.7 Å². The zero-order valence-corrected chi connectivity index (χ0v) is 19.4. The molecule has 0 heterocycles. The number of amides is 3. The molecule has 0 saturated heterocycles. The molecule has 0 atom stereocenters. The van der Waals surface area contributed by atoms with Crippen molar-refractivity contribution < 1.29 is 38.8 Å². The van der Waals surface area contributed by atoms with Gasteiger partial charge in [-0.2, -0.15) is 0 Å². The summed E-state index contributed by atoms with van der Waals surface area (Å²) in [4.78, 5) is 34.7. The summed E-state index contributed by atoms with van der Waals surface area (Å²) < 4.78 is 14.0. The van der Waals surface area contributed by atoms with Gasteiger partial charge in [0.2, 0.25) is 0 Å². The van der Waals surface area contributed by atoms with Gasteiger partial charge in [0, 0.05) is 45.9 Å². The Morgan fingerprint density at radius 2 is 1.35 bits per heavy atom. The number of carbonyl (C=O) groups is 3. The summed E-state index contributed by atoms with van der Waals surface area (Å²) in [7, 11) is 2.60. The number of ether oxygens (including phenoxy) is 3. The first-order chi connectivity index (χ1) is 14.6. The predicted molar refractivity (Wildman–Crippen MR) is 115 cm³/mol. The Kier molecular flexibility index (Phi) is 19.6. The van der Waals surface area contributed by atoms with Crippen LogP contribution in [-0.2, 0) is 14.2 Å². The molecule has 184 valence electrons. The number of hydrogen-bond acceptors (Lipinski definition) is 9. The quantitative estimate of drug-likeness (QED) is 0.207. The number of rotatable bonds is 12. The Balaban J connectivity index is 0. The topological polar surface area (TPSA) is 159 Å². The van der Waals surface area contributed by atoms with Crippen LogP contribution in [0.3, 0.4) is 0 Å². The molecule has 5 N–H and O–H groups in total. The Morgan fingerprint density at radius 3 is 1.84 bits per heavy atom. The fraction of sp³-hybridized carbons (Fsp3) is 0.842. The SMILES string of the molecule is COC(=O)NCCN(CCCO)C(=O)OC(C)(C)C.COC(=O)NCCNCCCO. The second-order valence-electron chi connectivity index (χ2n) is 7.21. The standard InChI is InChI=1S/C12H24N2O5.C7H16N2O3/c1-12(2,3)19-11(17)14(7-5-9-15)8-6-13-10(16)18-4;1-12-7(11)9-5-4-8-3-2-6-10/h15H,5-9H2,1-4H3,(H,13,16);8,10H,2-6H2,1H3,(H,9,11). The summed E-state index contributed by atoms with van der Waals surface area (Å²) in [5, 5.41) is 25.3. The van der Waals surface area contributed by atoms with Gasteiger partial charge in [0.25, 0.3) is 0 Å². The minimum absolute atomic E-state index is 0.0102. The first-order valence-electron chi connectivity index (χ1n) is 10.1. The van der Waals surface area contributed by atoms with Gasteiger partial charge in [0.15, 0.2) is 0 Å². The van der Waals surface area contributed by atoms with Crippen LogP contribution in [0.5, 0.6) is 0 Å². The molecule has 31 heavy (non-hydrogen) atoms. The van der Waals surface area contributed by atoms with E-state index in [-0.39, 0.29) is 19.8 Å². The maximum atomic E-state index is 11.9. The lowest BCUT2D eigenvalue weighted by Gasteiger charge is -2.27. The number of nitrogens with one attached hydrogen (secondary N) is 3. The van der Waals surface area contributed by atoms with Crippen molar-refractivity contribution in [3.05, 3.63) is 0 Å². The van der Waals surface area contributed by atoms with Crippen LogP contribution in [0.4, 0.5) is 14.4 Å². The minimum atomic E-state index is -0.579. The largest absolute Gasteiger partial charge is 0.453 e. The second kappa shape index (κ2) is 19.6. The van der Waals surface area contributed by atoms with Gasteiger partial charge in [-0.1, -0.05) is 0 Å². The third kappa shape index (κ3) is 22.2. The summed E-state index contributed by atoms with van der Waals surface area (Å²) in [6.07, 6.45) is -0.242. The van der Waals surface area contributed by atoms with Crippen molar-refractivity contribution in [2.24, 2.45) is 0 Å². The molecule has 0 radical (unpaired) electrons. The van der Waals surface area contributed by atoms with Crippen molar-refractivity contribution in [1.29, 1.82) is 0 Å². The van der Waals surface area contributed by atoms with Crippen molar-refractivity contribution >= 4 is 18.3 Å². The van der Waals surface area contributed by atoms with Crippen LogP contribution < -0.4 is 16.0 Å². The van der Waals surface area contributed by atoms with Crippen molar-refractivity contribution in [3.8, 4) is 0 Å². The van der Waals surface area contributed by atoms with E-state index in [4.69, 9.17) is 14.9 Å². The van der Waals surface area contributed by atoms with Crippen LogP contribution in [0.15, 0.2) is 0 Å². The monoisotopic (exact) mass is 452 g/mol. The molecule has 0 aliphatic rings. The highest BCUT2D eigenvalue weighted by atomic mass is 16.6. The van der Waals surface area contributed by atoms with Gasteiger partial charge >= 0.3 is 18.3 Å². The zero-order chi connectivity index (χ0) is 24.1. The van der Waals surface area contributed by atoms with Crippen molar-refractivity contribution in [1.82, 2.24) is 20.9 Å². The van der Waals surface area contributed by atoms with Gasteiger partial charge < -0.3 is 45.3 Å². The van der Waals surface area contributed by atoms with Crippen LogP contribution in [0, 0.1) is 0 Å². The van der Waals surface area contributed by atoms with Crippen LogP contribution >= 0.6 is 0 Å². The normalized spacial score (nSPS) is 10.3. The summed E-state index contributed by atoms with van der Waals surface area (Å²) >= 11 is 0. The minimum Gasteiger partial charge on any atom is -0.453 e. The number of nitrogens with zero attached hydrogens (tertiary/aromatic N) is 1. The molecule has 0 rings (SSSR count). The van der Waals surface area contributed by atoms with Crippen LogP contribution in [0.1, 0.15) is 33.6 Å². The maximum absolute atomic E-state index is 11.9. The Labute approximate surface area is 184 Å². The number of hydrogen-bond donors (Lipinski definition) is 5. The maximum Gasteiger partial charge on any atom is 0.410 e. The summed E-state index contributed by atoms with van der Waals surface area (Å²) in [6, 6.07) is 0. The molecular weight excluding hydrogens is 412 g/mol. The average molecular weight is 453 g/mol. The van der Waals surface area contributed by atoms with Gasteiger partial charge in [-0.15, -0.1) is 0 Å². The molecule has 0 aliphatic carbocycles. The molecule has 12 heteroatoms. The van der Waals surface area contributed by atoms with E-state index in [1.807, 2.05) is 0 Å². The van der Waals surface area contributed by atoms with Crippen molar-refractivity contribution in [3.63, 3.8) is 0 Å². The fourth-order valence-corrected chi connectivity index (χ4v) is 1.90. The smallest absolute Gasteiger partial charge is 0.410 e. The molecule has 0 spiro atoms. The Hall–Kier alpha value is -2.31. The third-order valence-corrected chi connectivity index (χ3v) is 3.34. The number of aliphatic hydroxyl groups is 2. The van der Waals surface area contributed by atoms with Gasteiger partial charge in [-0.25, -0.2) is 14.4 Å². The van der Waals surface area contributed by atoms with Crippen LogP contribution in [0.25, 0.3) is 0 Å². The predicted octanol–water partition coefficient (Wildman–Crippen LogP) is 0.276. The highest BCUT2D eigenvalue weighted by Crippen LogP contribution is 2.10. The fourth-order valence-electron chi connectivity index (χ4n) is 1.90.